The van der Waals surface area contributed by atoms with E-state index in [4.69, 9.17) is 4.74 Å². The van der Waals surface area contributed by atoms with E-state index in [0.717, 1.165) is 17.9 Å². The van der Waals surface area contributed by atoms with Crippen molar-refractivity contribution in [3.63, 3.8) is 0 Å². The van der Waals surface area contributed by atoms with E-state index >= 15 is 0 Å². The van der Waals surface area contributed by atoms with Crippen LogP contribution in [0.3, 0.4) is 0 Å². The monoisotopic (exact) mass is 328 g/mol. The molecule has 0 aliphatic carbocycles. The van der Waals surface area contributed by atoms with Crippen molar-refractivity contribution < 1.29 is 9.84 Å². The fourth-order valence-electron chi connectivity index (χ4n) is 2.55. The van der Waals surface area contributed by atoms with Crippen molar-refractivity contribution in [1.82, 2.24) is 9.97 Å². The molecule has 0 amide bonds. The Kier molecular flexibility index (Phi) is 7.04. The summed E-state index contributed by atoms with van der Waals surface area (Å²) >= 11 is 0. The third kappa shape index (κ3) is 6.19. The van der Waals surface area contributed by atoms with Gasteiger partial charge in [-0.15, -0.1) is 0 Å². The maximum atomic E-state index is 9.31. The second-order valence-electron chi connectivity index (χ2n) is 6.86. The van der Waals surface area contributed by atoms with Crippen molar-refractivity contribution in [2.75, 3.05) is 6.61 Å². The van der Waals surface area contributed by atoms with Crippen molar-refractivity contribution in [3.8, 4) is 22.9 Å². The minimum Gasteiger partial charge on any atom is -0.508 e. The van der Waals surface area contributed by atoms with Crippen LogP contribution >= 0.6 is 0 Å². The van der Waals surface area contributed by atoms with E-state index in [0.29, 0.717) is 24.1 Å². The standard InChI is InChI=1S/C20H28N2O2/c1-15(2)5-4-6-16(3)11-12-24-19-13-21-20(22-14-19)17-7-9-18(23)10-8-17/h7-10,13-16,23H,4-6,11-12H2,1-3H3/t16-/m0/s1. The maximum absolute atomic E-state index is 9.31. The van der Waals surface area contributed by atoms with Crippen LogP contribution in [0.25, 0.3) is 11.4 Å². The highest BCUT2D eigenvalue weighted by atomic mass is 16.5. The number of ether oxygens (including phenoxy) is 1. The molecule has 130 valence electrons. The number of phenols is 1. The van der Waals surface area contributed by atoms with Gasteiger partial charge in [-0.05, 0) is 42.5 Å². The number of aromatic nitrogens is 2. The summed E-state index contributed by atoms with van der Waals surface area (Å²) in [6.45, 7) is 7.53. The molecule has 0 bridgehead atoms. The Morgan fingerprint density at radius 1 is 0.958 bits per heavy atom. The van der Waals surface area contributed by atoms with Crippen molar-refractivity contribution in [1.29, 1.82) is 0 Å². The molecule has 0 saturated carbocycles. The predicted molar refractivity (Wildman–Crippen MR) is 97.1 cm³/mol. The molecule has 4 heteroatoms. The van der Waals surface area contributed by atoms with Gasteiger partial charge in [0.2, 0.25) is 0 Å². The number of aromatic hydroxyl groups is 1. The number of rotatable bonds is 9. The molecular weight excluding hydrogens is 300 g/mol. The van der Waals surface area contributed by atoms with Crippen molar-refractivity contribution in [2.24, 2.45) is 11.8 Å². The molecular formula is C20H28N2O2. The molecule has 4 nitrogen and oxygen atoms in total. The lowest BCUT2D eigenvalue weighted by Gasteiger charge is -2.13. The first kappa shape index (κ1) is 18.2. The van der Waals surface area contributed by atoms with Gasteiger partial charge < -0.3 is 9.84 Å². The molecule has 0 aliphatic heterocycles. The zero-order chi connectivity index (χ0) is 17.4. The van der Waals surface area contributed by atoms with Gasteiger partial charge in [0.15, 0.2) is 11.6 Å². The van der Waals surface area contributed by atoms with E-state index in [-0.39, 0.29) is 5.75 Å². The molecule has 1 aromatic heterocycles. The number of hydrogen-bond donors (Lipinski definition) is 1. The third-order valence-corrected chi connectivity index (χ3v) is 4.11. The largest absolute Gasteiger partial charge is 0.508 e. The Labute approximate surface area is 144 Å². The first-order valence-electron chi connectivity index (χ1n) is 8.79. The molecule has 0 aliphatic rings. The normalized spacial score (nSPS) is 12.3. The van der Waals surface area contributed by atoms with Crippen LogP contribution in [-0.4, -0.2) is 21.7 Å². The molecule has 0 unspecified atom stereocenters. The Bertz CT molecular complexity index is 594. The maximum Gasteiger partial charge on any atom is 0.159 e. The zero-order valence-electron chi connectivity index (χ0n) is 14.9. The summed E-state index contributed by atoms with van der Waals surface area (Å²) in [7, 11) is 0. The number of nitrogens with zero attached hydrogens (tertiary/aromatic N) is 2. The molecule has 0 spiro atoms. The zero-order valence-corrected chi connectivity index (χ0v) is 14.9. The Morgan fingerprint density at radius 2 is 1.62 bits per heavy atom. The second kappa shape index (κ2) is 9.26. The SMILES string of the molecule is CC(C)CCC[C@H](C)CCOc1cnc(-c2ccc(O)cc2)nc1. The molecule has 1 N–H and O–H groups in total. The quantitative estimate of drug-likeness (QED) is 0.697. The number of hydrogen-bond acceptors (Lipinski definition) is 4. The third-order valence-electron chi connectivity index (χ3n) is 4.11. The summed E-state index contributed by atoms with van der Waals surface area (Å²) in [6, 6.07) is 6.85. The van der Waals surface area contributed by atoms with E-state index in [1.807, 2.05) is 0 Å². The van der Waals surface area contributed by atoms with Gasteiger partial charge in [0, 0.05) is 5.56 Å². The van der Waals surface area contributed by atoms with Gasteiger partial charge in [-0.25, -0.2) is 9.97 Å². The van der Waals surface area contributed by atoms with E-state index < -0.39 is 0 Å². The fourth-order valence-corrected chi connectivity index (χ4v) is 2.55. The fraction of sp³-hybridized carbons (Fsp3) is 0.500. The van der Waals surface area contributed by atoms with Crippen molar-refractivity contribution in [3.05, 3.63) is 36.7 Å². The smallest absolute Gasteiger partial charge is 0.159 e. The van der Waals surface area contributed by atoms with Crippen molar-refractivity contribution >= 4 is 0 Å². The molecule has 0 fully saturated rings. The van der Waals surface area contributed by atoms with Crippen LogP contribution in [0.2, 0.25) is 0 Å². The van der Waals surface area contributed by atoms with Crippen LogP contribution < -0.4 is 4.74 Å². The van der Waals surface area contributed by atoms with Crippen LogP contribution in [0.5, 0.6) is 11.5 Å². The molecule has 1 aromatic carbocycles. The van der Waals surface area contributed by atoms with Gasteiger partial charge in [-0.1, -0.05) is 40.0 Å². The summed E-state index contributed by atoms with van der Waals surface area (Å²) in [6.07, 6.45) is 8.33. The summed E-state index contributed by atoms with van der Waals surface area (Å²) < 4.78 is 5.75. The van der Waals surface area contributed by atoms with E-state index in [9.17, 15) is 5.11 Å². The minimum absolute atomic E-state index is 0.237. The Hall–Kier alpha value is -2.10. The second-order valence-corrected chi connectivity index (χ2v) is 6.86. The molecule has 1 heterocycles. The average Bonchev–Trinajstić information content (AvgIpc) is 2.56. The average molecular weight is 328 g/mol. The van der Waals surface area contributed by atoms with Crippen molar-refractivity contribution in [2.45, 2.75) is 46.5 Å². The van der Waals surface area contributed by atoms with Gasteiger partial charge in [-0.2, -0.15) is 0 Å². The minimum atomic E-state index is 0.237. The predicted octanol–water partition coefficient (Wildman–Crippen LogP) is 5.08. The van der Waals surface area contributed by atoms with Gasteiger partial charge in [0.1, 0.15) is 5.75 Å². The molecule has 0 saturated heterocycles. The Balaban J connectivity index is 1.75. The lowest BCUT2D eigenvalue weighted by atomic mass is 9.98. The summed E-state index contributed by atoms with van der Waals surface area (Å²) in [5.41, 5.74) is 0.873. The van der Waals surface area contributed by atoms with Crippen LogP contribution in [0, 0.1) is 11.8 Å². The molecule has 0 radical (unpaired) electrons. The van der Waals surface area contributed by atoms with Crippen LogP contribution in [0.1, 0.15) is 46.5 Å². The first-order valence-corrected chi connectivity index (χ1v) is 8.79. The van der Waals surface area contributed by atoms with Crippen LogP contribution in [-0.2, 0) is 0 Å². The van der Waals surface area contributed by atoms with Gasteiger partial charge in [-0.3, -0.25) is 0 Å². The molecule has 2 rings (SSSR count). The van der Waals surface area contributed by atoms with Gasteiger partial charge in [0.25, 0.3) is 0 Å². The first-order chi connectivity index (χ1) is 11.5. The van der Waals surface area contributed by atoms with Crippen LogP contribution in [0.15, 0.2) is 36.7 Å². The van der Waals surface area contributed by atoms with Gasteiger partial charge >= 0.3 is 0 Å². The number of benzene rings is 1. The van der Waals surface area contributed by atoms with Gasteiger partial charge in [0.05, 0.1) is 19.0 Å². The Morgan fingerprint density at radius 3 is 2.25 bits per heavy atom. The van der Waals surface area contributed by atoms with Crippen LogP contribution in [0.4, 0.5) is 0 Å². The lowest BCUT2D eigenvalue weighted by Crippen LogP contribution is -2.05. The summed E-state index contributed by atoms with van der Waals surface area (Å²) in [5, 5.41) is 9.31. The van der Waals surface area contributed by atoms with E-state index in [2.05, 4.69) is 30.7 Å². The molecule has 1 atom stereocenters. The highest BCUT2D eigenvalue weighted by Crippen LogP contribution is 2.20. The number of phenolic OH excluding ortho intramolecular Hbond substituents is 1. The van der Waals surface area contributed by atoms with E-state index in [1.54, 1.807) is 36.7 Å². The topological polar surface area (TPSA) is 55.2 Å². The highest BCUT2D eigenvalue weighted by molar-refractivity contribution is 5.55. The molecule has 24 heavy (non-hydrogen) atoms. The van der Waals surface area contributed by atoms with E-state index in [1.165, 1.54) is 19.3 Å². The summed E-state index contributed by atoms with van der Waals surface area (Å²) in [5.74, 6) is 3.04. The summed E-state index contributed by atoms with van der Waals surface area (Å²) in [4.78, 5) is 8.66. The molecule has 2 aromatic rings. The highest BCUT2D eigenvalue weighted by Gasteiger charge is 2.05. The lowest BCUT2D eigenvalue weighted by molar-refractivity contribution is 0.274.